The first-order valence-electron chi connectivity index (χ1n) is 10.5. The Morgan fingerprint density at radius 1 is 0.853 bits per heavy atom. The zero-order chi connectivity index (χ0) is 24.4. The second-order valence-corrected chi connectivity index (χ2v) is 8.17. The Kier molecular flexibility index (Phi) is 6.38. The van der Waals surface area contributed by atoms with Crippen molar-refractivity contribution >= 4 is 46.4 Å². The zero-order valence-electron chi connectivity index (χ0n) is 18.8. The minimum atomic E-state index is -0.590. The molecule has 0 saturated heterocycles. The summed E-state index contributed by atoms with van der Waals surface area (Å²) < 4.78 is 5.11. The van der Waals surface area contributed by atoms with Crippen molar-refractivity contribution in [3.8, 4) is 5.75 Å². The molecule has 0 bridgehead atoms. The van der Waals surface area contributed by atoms with Crippen molar-refractivity contribution < 1.29 is 19.1 Å². The third-order valence-electron chi connectivity index (χ3n) is 5.54. The van der Waals surface area contributed by atoms with E-state index in [1.165, 1.54) is 0 Å². The first kappa shape index (κ1) is 23.1. The Labute approximate surface area is 202 Å². The van der Waals surface area contributed by atoms with E-state index in [1.54, 1.807) is 67.8 Å². The van der Waals surface area contributed by atoms with E-state index in [4.69, 9.17) is 16.3 Å². The van der Waals surface area contributed by atoms with Crippen molar-refractivity contribution in [1.82, 2.24) is 0 Å². The highest BCUT2D eigenvalue weighted by Crippen LogP contribution is 2.31. The van der Waals surface area contributed by atoms with Gasteiger partial charge in [-0.05, 0) is 85.6 Å². The molecule has 4 rings (SSSR count). The first-order chi connectivity index (χ1) is 16.3. The van der Waals surface area contributed by atoms with Crippen LogP contribution >= 0.6 is 11.6 Å². The molecule has 0 aromatic heterocycles. The highest BCUT2D eigenvalue weighted by molar-refractivity contribution is 6.53. The predicted octanol–water partition coefficient (Wildman–Crippen LogP) is 5.00. The number of ether oxygens (including phenoxy) is 1. The van der Waals surface area contributed by atoms with Crippen LogP contribution in [0.2, 0.25) is 0 Å². The van der Waals surface area contributed by atoms with Gasteiger partial charge in [0.2, 0.25) is 0 Å². The lowest BCUT2D eigenvalue weighted by Crippen LogP contribution is -2.32. The van der Waals surface area contributed by atoms with Gasteiger partial charge < -0.3 is 15.4 Å². The molecule has 0 spiro atoms. The van der Waals surface area contributed by atoms with Crippen molar-refractivity contribution in [2.24, 2.45) is 0 Å². The van der Waals surface area contributed by atoms with E-state index in [2.05, 4.69) is 10.6 Å². The third-order valence-corrected chi connectivity index (χ3v) is 5.89. The summed E-state index contributed by atoms with van der Waals surface area (Å²) in [6.07, 6.45) is 0. The van der Waals surface area contributed by atoms with Crippen molar-refractivity contribution in [3.05, 3.63) is 94.1 Å². The lowest BCUT2D eigenvalue weighted by Gasteiger charge is -2.16. The van der Waals surface area contributed by atoms with Gasteiger partial charge in [-0.1, -0.05) is 17.7 Å². The Balaban J connectivity index is 1.47. The number of halogens is 1. The third kappa shape index (κ3) is 4.51. The van der Waals surface area contributed by atoms with Gasteiger partial charge in [-0.3, -0.25) is 14.4 Å². The first-order valence-corrected chi connectivity index (χ1v) is 10.8. The van der Waals surface area contributed by atoms with Crippen molar-refractivity contribution in [3.63, 3.8) is 0 Å². The molecule has 7 nitrogen and oxygen atoms in total. The van der Waals surface area contributed by atoms with Crippen LogP contribution < -0.4 is 20.3 Å². The molecule has 3 aromatic rings. The van der Waals surface area contributed by atoms with E-state index < -0.39 is 11.8 Å². The van der Waals surface area contributed by atoms with Gasteiger partial charge in [-0.25, -0.2) is 4.90 Å². The summed E-state index contributed by atoms with van der Waals surface area (Å²) in [7, 11) is 1.57. The maximum absolute atomic E-state index is 13.0. The standard InChI is InChI=1S/C26H22ClN3O4/c1-15-4-11-20(14-16(15)2)30-25(32)22(27)23(26(30)33)28-18-7-5-17(6-8-18)24(31)29-19-9-12-21(34-3)13-10-19/h4-14,28H,1-3H3,(H,29,31). The smallest absolute Gasteiger partial charge is 0.283 e. The Morgan fingerprint density at radius 3 is 2.12 bits per heavy atom. The molecule has 0 fully saturated rings. The normalized spacial score (nSPS) is 13.4. The molecule has 3 aromatic carbocycles. The number of anilines is 3. The second kappa shape index (κ2) is 9.41. The van der Waals surface area contributed by atoms with Crippen LogP contribution in [0.5, 0.6) is 5.75 Å². The molecule has 0 saturated carbocycles. The van der Waals surface area contributed by atoms with Gasteiger partial charge in [-0.2, -0.15) is 0 Å². The van der Waals surface area contributed by atoms with Crippen molar-refractivity contribution in [2.45, 2.75) is 13.8 Å². The van der Waals surface area contributed by atoms with Gasteiger partial charge in [0.25, 0.3) is 17.7 Å². The molecule has 3 amide bonds. The molecule has 1 heterocycles. The predicted molar refractivity (Wildman–Crippen MR) is 132 cm³/mol. The second-order valence-electron chi connectivity index (χ2n) is 7.79. The molecule has 0 unspecified atom stereocenters. The number of benzene rings is 3. The lowest BCUT2D eigenvalue weighted by atomic mass is 10.1. The van der Waals surface area contributed by atoms with Gasteiger partial charge in [0.1, 0.15) is 16.5 Å². The van der Waals surface area contributed by atoms with E-state index in [1.807, 2.05) is 19.9 Å². The highest BCUT2D eigenvalue weighted by atomic mass is 35.5. The fourth-order valence-corrected chi connectivity index (χ4v) is 3.65. The summed E-state index contributed by atoms with van der Waals surface area (Å²) in [6, 6.07) is 18.8. The van der Waals surface area contributed by atoms with Crippen LogP contribution in [0.15, 0.2) is 77.5 Å². The number of amides is 3. The number of aryl methyl sites for hydroxylation is 2. The average Bonchev–Trinajstić information content (AvgIpc) is 3.05. The van der Waals surface area contributed by atoms with E-state index in [-0.39, 0.29) is 16.6 Å². The van der Waals surface area contributed by atoms with Crippen molar-refractivity contribution in [1.29, 1.82) is 0 Å². The maximum Gasteiger partial charge on any atom is 0.283 e. The molecule has 1 aliphatic heterocycles. The molecule has 172 valence electrons. The number of nitrogens with one attached hydrogen (secondary N) is 2. The fraction of sp³-hybridized carbons (Fsp3) is 0.115. The minimum Gasteiger partial charge on any atom is -0.497 e. The Bertz CT molecular complexity index is 1310. The van der Waals surface area contributed by atoms with E-state index in [9.17, 15) is 14.4 Å². The molecule has 0 aliphatic carbocycles. The minimum absolute atomic E-state index is 0.0136. The molecule has 34 heavy (non-hydrogen) atoms. The number of imide groups is 1. The van der Waals surface area contributed by atoms with E-state index >= 15 is 0 Å². The number of nitrogens with zero attached hydrogens (tertiary/aromatic N) is 1. The van der Waals surface area contributed by atoms with Gasteiger partial charge in [0.05, 0.1) is 12.8 Å². The van der Waals surface area contributed by atoms with E-state index in [0.29, 0.717) is 28.4 Å². The molecule has 2 N–H and O–H groups in total. The number of carbonyl (C=O) groups is 3. The van der Waals surface area contributed by atoms with Crippen LogP contribution in [0.4, 0.5) is 17.1 Å². The monoisotopic (exact) mass is 475 g/mol. The zero-order valence-corrected chi connectivity index (χ0v) is 19.6. The summed E-state index contributed by atoms with van der Waals surface area (Å²) >= 11 is 6.21. The number of hydrogen-bond acceptors (Lipinski definition) is 5. The van der Waals surface area contributed by atoms with Crippen LogP contribution in [0.1, 0.15) is 21.5 Å². The van der Waals surface area contributed by atoms with Crippen molar-refractivity contribution in [2.75, 3.05) is 22.6 Å². The Morgan fingerprint density at radius 2 is 1.50 bits per heavy atom. The van der Waals surface area contributed by atoms with Crippen LogP contribution in [0.25, 0.3) is 0 Å². The quantitative estimate of drug-likeness (QED) is 0.490. The SMILES string of the molecule is COc1ccc(NC(=O)c2ccc(NC3=C(Cl)C(=O)N(c4ccc(C)c(C)c4)C3=O)cc2)cc1. The number of hydrogen-bond donors (Lipinski definition) is 2. The highest BCUT2D eigenvalue weighted by Gasteiger charge is 2.39. The summed E-state index contributed by atoms with van der Waals surface area (Å²) in [6.45, 7) is 3.86. The molecule has 8 heteroatoms. The number of rotatable bonds is 6. The van der Waals surface area contributed by atoms with E-state index in [0.717, 1.165) is 16.0 Å². The number of methoxy groups -OCH3 is 1. The maximum atomic E-state index is 13.0. The van der Waals surface area contributed by atoms with Gasteiger partial charge >= 0.3 is 0 Å². The molecular weight excluding hydrogens is 454 g/mol. The Hall–Kier alpha value is -4.10. The average molecular weight is 476 g/mol. The fourth-order valence-electron chi connectivity index (χ4n) is 3.44. The molecule has 0 radical (unpaired) electrons. The molecular formula is C26H22ClN3O4. The van der Waals surface area contributed by atoms with Crippen LogP contribution in [-0.2, 0) is 9.59 Å². The largest absolute Gasteiger partial charge is 0.497 e. The van der Waals surface area contributed by atoms with Crippen LogP contribution in [0.3, 0.4) is 0 Å². The van der Waals surface area contributed by atoms with Gasteiger partial charge in [0.15, 0.2) is 0 Å². The molecule has 0 atom stereocenters. The topological polar surface area (TPSA) is 87.7 Å². The summed E-state index contributed by atoms with van der Waals surface area (Å²) in [4.78, 5) is 39.2. The lowest BCUT2D eigenvalue weighted by molar-refractivity contribution is -0.120. The molecule has 1 aliphatic rings. The summed E-state index contributed by atoms with van der Waals surface area (Å²) in [5.74, 6) is -0.730. The van der Waals surface area contributed by atoms with Gasteiger partial charge in [-0.15, -0.1) is 0 Å². The van der Waals surface area contributed by atoms with Crippen LogP contribution in [-0.4, -0.2) is 24.8 Å². The number of carbonyl (C=O) groups excluding carboxylic acids is 3. The van der Waals surface area contributed by atoms with Gasteiger partial charge in [0, 0.05) is 16.9 Å². The summed E-state index contributed by atoms with van der Waals surface area (Å²) in [5, 5.41) is 5.53. The summed E-state index contributed by atoms with van der Waals surface area (Å²) in [5.41, 5.74) is 4.02. The van der Waals surface area contributed by atoms with Crippen LogP contribution in [0, 0.1) is 13.8 Å².